The number of nitrogens with one attached hydrogen (secondary N) is 1. The molecular formula is C25H24F5N3O5S. The van der Waals surface area contributed by atoms with Crippen LogP contribution >= 0.6 is 0 Å². The fraction of sp³-hybridized carbons (Fsp3) is 0.440. The van der Waals surface area contributed by atoms with Gasteiger partial charge in [-0.1, -0.05) is 30.3 Å². The van der Waals surface area contributed by atoms with Gasteiger partial charge in [0.15, 0.2) is 5.60 Å². The van der Waals surface area contributed by atoms with E-state index in [0.717, 1.165) is 10.4 Å². The van der Waals surface area contributed by atoms with Gasteiger partial charge in [-0.15, -0.1) is 5.10 Å². The number of aliphatic hydroxyl groups is 1. The lowest BCUT2D eigenvalue weighted by Crippen LogP contribution is -2.63. The topological polar surface area (TPSA) is 116 Å². The number of H-pyrrole nitrogens is 1. The first kappa shape index (κ1) is 27.5. The van der Waals surface area contributed by atoms with Crippen LogP contribution in [0.15, 0.2) is 51.7 Å². The lowest BCUT2D eigenvalue weighted by Gasteiger charge is -2.51. The largest absolute Gasteiger partial charge is 0.434 e. The van der Waals surface area contributed by atoms with Crippen molar-refractivity contribution in [3.63, 3.8) is 0 Å². The van der Waals surface area contributed by atoms with Crippen molar-refractivity contribution in [2.75, 3.05) is 0 Å². The van der Waals surface area contributed by atoms with Crippen LogP contribution in [0.5, 0.6) is 0 Å². The second-order valence-corrected chi connectivity index (χ2v) is 12.3. The first-order chi connectivity index (χ1) is 18.2. The molecule has 210 valence electrons. The molecule has 8 nitrogen and oxygen atoms in total. The monoisotopic (exact) mass is 573 g/mol. The van der Waals surface area contributed by atoms with Gasteiger partial charge in [0.05, 0.1) is 5.41 Å². The Morgan fingerprint density at radius 2 is 1.79 bits per heavy atom. The van der Waals surface area contributed by atoms with Crippen molar-refractivity contribution < 1.29 is 39.9 Å². The van der Waals surface area contributed by atoms with E-state index in [1.807, 2.05) is 5.10 Å². The van der Waals surface area contributed by atoms with E-state index in [1.54, 1.807) is 37.3 Å². The van der Waals surface area contributed by atoms with E-state index in [9.17, 15) is 31.5 Å². The fourth-order valence-electron chi connectivity index (χ4n) is 5.63. The van der Waals surface area contributed by atoms with Crippen LogP contribution in [-0.2, 0) is 22.0 Å². The van der Waals surface area contributed by atoms with Crippen molar-refractivity contribution in [3.05, 3.63) is 87.2 Å². The molecule has 1 saturated carbocycles. The predicted octanol–water partition coefficient (Wildman–Crippen LogP) is 4.07. The number of aromatic amines is 1. The molecule has 2 N–H and O–H groups in total. The minimum atomic E-state index is -5.09. The predicted molar refractivity (Wildman–Crippen MR) is 127 cm³/mol. The zero-order valence-electron chi connectivity index (χ0n) is 20.5. The number of alkyl halides is 3. The summed E-state index contributed by atoms with van der Waals surface area (Å²) < 4.78 is 104. The summed E-state index contributed by atoms with van der Waals surface area (Å²) in [4.78, 5) is 11.5. The van der Waals surface area contributed by atoms with Crippen molar-refractivity contribution >= 4 is 10.0 Å². The molecule has 0 bridgehead atoms. The van der Waals surface area contributed by atoms with E-state index in [1.165, 1.54) is 0 Å². The Hall–Kier alpha value is -3.10. The van der Waals surface area contributed by atoms with Crippen LogP contribution in [-0.4, -0.2) is 45.8 Å². The molecule has 2 aromatic carbocycles. The first-order valence-corrected chi connectivity index (χ1v) is 13.6. The highest BCUT2D eigenvalue weighted by molar-refractivity contribution is 7.89. The molecule has 2 fully saturated rings. The third-order valence-corrected chi connectivity index (χ3v) is 10.1. The van der Waals surface area contributed by atoms with Gasteiger partial charge < -0.3 is 9.52 Å². The molecule has 0 amide bonds. The molecular weight excluding hydrogens is 549 g/mol. The van der Waals surface area contributed by atoms with Crippen LogP contribution < -0.4 is 5.76 Å². The summed E-state index contributed by atoms with van der Waals surface area (Å²) >= 11 is 0. The Kier molecular flexibility index (Phi) is 6.50. The quantitative estimate of drug-likeness (QED) is 0.445. The molecule has 3 aromatic rings. The number of sulfonamides is 1. The summed E-state index contributed by atoms with van der Waals surface area (Å²) in [5, 5.41) is 14.6. The van der Waals surface area contributed by atoms with E-state index < -0.39 is 86.7 Å². The molecule has 1 saturated heterocycles. The average molecular weight is 574 g/mol. The maximum absolute atomic E-state index is 15.5. The minimum absolute atomic E-state index is 0.329. The third kappa shape index (κ3) is 4.47. The maximum Gasteiger partial charge on any atom is 0.434 e. The summed E-state index contributed by atoms with van der Waals surface area (Å²) in [6, 6.07) is 9.37. The van der Waals surface area contributed by atoms with Crippen molar-refractivity contribution in [1.29, 1.82) is 0 Å². The van der Waals surface area contributed by atoms with Crippen LogP contribution in [0.25, 0.3) is 0 Å². The number of aromatic nitrogens is 2. The lowest BCUT2D eigenvalue weighted by atomic mass is 9.55. The molecule has 5 rings (SSSR count). The minimum Gasteiger partial charge on any atom is -0.391 e. The zero-order chi connectivity index (χ0) is 28.4. The first-order valence-electron chi connectivity index (χ1n) is 12.1. The second-order valence-electron chi connectivity index (χ2n) is 10.2. The van der Waals surface area contributed by atoms with E-state index in [-0.39, 0.29) is 5.56 Å². The average Bonchev–Trinajstić information content (AvgIpc) is 3.27. The SMILES string of the molecule is C[C@H]1CC[C@H](c2ccccc2)S(=O)(=O)N1Cc1cc(F)c([C@]2(c3n[nH]c(=O)o3)C[C@](O)(C(F)(F)F)C2)cc1F. The van der Waals surface area contributed by atoms with Crippen molar-refractivity contribution in [1.82, 2.24) is 14.5 Å². The van der Waals surface area contributed by atoms with Crippen LogP contribution in [0.1, 0.15) is 60.4 Å². The molecule has 1 aromatic heterocycles. The van der Waals surface area contributed by atoms with Crippen LogP contribution in [0, 0.1) is 11.6 Å². The number of benzene rings is 2. The molecule has 0 unspecified atom stereocenters. The molecule has 2 aliphatic rings. The highest BCUT2D eigenvalue weighted by atomic mass is 32.2. The maximum atomic E-state index is 15.5. The molecule has 14 heteroatoms. The number of halogens is 5. The number of hydrogen-bond donors (Lipinski definition) is 2. The van der Waals surface area contributed by atoms with Gasteiger partial charge in [0.25, 0.3) is 0 Å². The van der Waals surface area contributed by atoms with Crippen LogP contribution in [0.4, 0.5) is 22.0 Å². The Bertz CT molecular complexity index is 1550. The highest BCUT2D eigenvalue weighted by Crippen LogP contribution is 2.59. The van der Waals surface area contributed by atoms with Crippen molar-refractivity contribution in [2.24, 2.45) is 0 Å². The van der Waals surface area contributed by atoms with E-state index in [4.69, 9.17) is 4.42 Å². The molecule has 39 heavy (non-hydrogen) atoms. The Morgan fingerprint density at radius 1 is 1.13 bits per heavy atom. The molecule has 1 aliphatic heterocycles. The lowest BCUT2D eigenvalue weighted by molar-refractivity contribution is -0.302. The summed E-state index contributed by atoms with van der Waals surface area (Å²) in [6.07, 6.45) is -6.60. The van der Waals surface area contributed by atoms with Gasteiger partial charge in [0.1, 0.15) is 16.9 Å². The van der Waals surface area contributed by atoms with Gasteiger partial charge in [-0.05, 0) is 37.5 Å². The van der Waals surface area contributed by atoms with Gasteiger partial charge in [-0.3, -0.25) is 0 Å². The van der Waals surface area contributed by atoms with Gasteiger partial charge in [0.2, 0.25) is 15.9 Å². The zero-order valence-corrected chi connectivity index (χ0v) is 21.3. The third-order valence-electron chi connectivity index (χ3n) is 7.74. The normalized spacial score (nSPS) is 29.2. The van der Waals surface area contributed by atoms with E-state index in [0.29, 0.717) is 24.5 Å². The van der Waals surface area contributed by atoms with Crippen LogP contribution in [0.3, 0.4) is 0 Å². The van der Waals surface area contributed by atoms with E-state index >= 15 is 8.78 Å². The Labute approximate surface area is 219 Å². The smallest absolute Gasteiger partial charge is 0.391 e. The van der Waals surface area contributed by atoms with Gasteiger partial charge in [-0.2, -0.15) is 17.5 Å². The van der Waals surface area contributed by atoms with Gasteiger partial charge >= 0.3 is 11.9 Å². The fourth-order valence-corrected chi connectivity index (χ4v) is 7.82. The van der Waals surface area contributed by atoms with E-state index in [2.05, 4.69) is 5.10 Å². The Balaban J connectivity index is 1.51. The number of nitrogens with zero attached hydrogens (tertiary/aromatic N) is 2. The highest BCUT2D eigenvalue weighted by Gasteiger charge is 2.70. The molecule has 1 aliphatic carbocycles. The van der Waals surface area contributed by atoms with Crippen LogP contribution in [0.2, 0.25) is 0 Å². The Morgan fingerprint density at radius 3 is 2.38 bits per heavy atom. The summed E-state index contributed by atoms with van der Waals surface area (Å²) in [5.41, 5.74) is -5.69. The van der Waals surface area contributed by atoms with Crippen molar-refractivity contribution in [2.45, 2.75) is 67.6 Å². The molecule has 0 spiro atoms. The number of rotatable bonds is 5. The summed E-state index contributed by atoms with van der Waals surface area (Å²) in [6.45, 7) is 1.15. The van der Waals surface area contributed by atoms with Gasteiger partial charge in [-0.25, -0.2) is 27.1 Å². The van der Waals surface area contributed by atoms with Crippen molar-refractivity contribution in [3.8, 4) is 0 Å². The number of hydrogen-bond acceptors (Lipinski definition) is 6. The summed E-state index contributed by atoms with van der Waals surface area (Å²) in [7, 11) is -3.98. The molecule has 2 atom stereocenters. The summed E-state index contributed by atoms with van der Waals surface area (Å²) in [5.74, 6) is -4.00. The second kappa shape index (κ2) is 9.24. The standard InChI is InChI=1S/C25H24F5N3O5S/c1-14-7-8-20(15-5-3-2-4-6-15)39(36,37)33(14)11-16-9-19(27)17(10-18(16)26)23(21-31-32-22(34)38-21)12-24(35,13-23)25(28,29)30/h2-6,9-10,14,20,35H,7-8,11-13H2,1H3,(H,32,34)/t14-,20+,23-,24+/m0/s1. The molecule has 2 heterocycles. The van der Waals surface area contributed by atoms with Gasteiger partial charge in [0, 0.05) is 36.6 Å². The molecule has 0 radical (unpaired) electrons.